The summed E-state index contributed by atoms with van der Waals surface area (Å²) >= 11 is 0. The van der Waals surface area contributed by atoms with Crippen LogP contribution in [0.2, 0.25) is 0 Å². The fourth-order valence-corrected chi connectivity index (χ4v) is 3.10. The molecule has 0 aromatic rings. The van der Waals surface area contributed by atoms with Crippen molar-refractivity contribution < 1.29 is 4.74 Å². The predicted octanol–water partition coefficient (Wildman–Crippen LogP) is 3.22. The fraction of sp³-hybridized carbons (Fsp3) is 0.875. The molecule has 1 N–H and O–H groups in total. The van der Waals surface area contributed by atoms with Crippen LogP contribution in [0.3, 0.4) is 0 Å². The molecular formula is C16H29NO. The minimum atomic E-state index is 0.360. The van der Waals surface area contributed by atoms with Crippen LogP contribution in [0, 0.1) is 23.7 Å². The van der Waals surface area contributed by atoms with Crippen LogP contribution < -0.4 is 5.32 Å². The van der Waals surface area contributed by atoms with E-state index in [4.69, 9.17) is 4.74 Å². The van der Waals surface area contributed by atoms with Crippen molar-refractivity contribution in [3.63, 3.8) is 0 Å². The smallest absolute Gasteiger partial charge is 0.0597 e. The Morgan fingerprint density at radius 2 is 1.94 bits per heavy atom. The number of hydrogen-bond donors (Lipinski definition) is 1. The molecule has 5 unspecified atom stereocenters. The highest BCUT2D eigenvalue weighted by Crippen LogP contribution is 2.35. The Morgan fingerprint density at radius 1 is 1.22 bits per heavy atom. The average molecular weight is 251 g/mol. The average Bonchev–Trinajstić information content (AvgIpc) is 2.59. The monoisotopic (exact) mass is 251 g/mol. The summed E-state index contributed by atoms with van der Waals surface area (Å²) in [6, 6.07) is 0.542. The molecule has 1 saturated heterocycles. The van der Waals surface area contributed by atoms with E-state index in [1.54, 1.807) is 0 Å². The number of hydrogen-bond acceptors (Lipinski definition) is 2. The number of rotatable bonds is 6. The Balaban J connectivity index is 2.64. The molecule has 0 radical (unpaired) electrons. The third-order valence-corrected chi connectivity index (χ3v) is 4.20. The molecule has 0 saturated carbocycles. The Kier molecular flexibility index (Phi) is 6.75. The van der Waals surface area contributed by atoms with E-state index < -0.39 is 0 Å². The number of nitrogens with one attached hydrogen (secondary N) is 1. The van der Waals surface area contributed by atoms with Crippen molar-refractivity contribution in [3.05, 3.63) is 0 Å². The second-order valence-corrected chi connectivity index (χ2v) is 5.51. The molecule has 0 bridgehead atoms. The lowest BCUT2D eigenvalue weighted by atomic mass is 9.81. The van der Waals surface area contributed by atoms with Gasteiger partial charge in [-0.2, -0.15) is 0 Å². The summed E-state index contributed by atoms with van der Waals surface area (Å²) in [4.78, 5) is 0. The molecule has 1 rings (SSSR count). The van der Waals surface area contributed by atoms with Gasteiger partial charge < -0.3 is 10.1 Å². The van der Waals surface area contributed by atoms with E-state index in [0.717, 1.165) is 19.4 Å². The van der Waals surface area contributed by atoms with E-state index in [2.05, 4.69) is 44.9 Å². The van der Waals surface area contributed by atoms with Gasteiger partial charge in [0.05, 0.1) is 12.2 Å². The van der Waals surface area contributed by atoms with E-state index in [0.29, 0.717) is 30.1 Å². The van der Waals surface area contributed by atoms with Crippen molar-refractivity contribution in [2.24, 2.45) is 11.8 Å². The normalized spacial score (nSPS) is 32.9. The van der Waals surface area contributed by atoms with Crippen LogP contribution in [-0.4, -0.2) is 24.8 Å². The standard InChI is InChI=1S/C16H29NO/c1-6-8-9-10-15(17-11-7-2)16-12(3)13(4)18-14(16)5/h12-17H,7,9-11H2,1-5H3. The Labute approximate surface area is 113 Å². The first-order valence-corrected chi connectivity index (χ1v) is 7.40. The Morgan fingerprint density at radius 3 is 2.44 bits per heavy atom. The minimum absolute atomic E-state index is 0.360. The molecular weight excluding hydrogens is 222 g/mol. The summed E-state index contributed by atoms with van der Waals surface area (Å²) < 4.78 is 5.98. The molecule has 0 aliphatic carbocycles. The van der Waals surface area contributed by atoms with Gasteiger partial charge in [-0.05, 0) is 46.1 Å². The lowest BCUT2D eigenvalue weighted by Gasteiger charge is -2.29. The zero-order valence-electron chi connectivity index (χ0n) is 12.6. The van der Waals surface area contributed by atoms with Gasteiger partial charge >= 0.3 is 0 Å². The van der Waals surface area contributed by atoms with E-state index in [-0.39, 0.29) is 0 Å². The third kappa shape index (κ3) is 4.00. The van der Waals surface area contributed by atoms with Gasteiger partial charge in [-0.15, -0.1) is 11.8 Å². The van der Waals surface area contributed by atoms with Crippen molar-refractivity contribution in [2.45, 2.75) is 72.1 Å². The van der Waals surface area contributed by atoms with Gasteiger partial charge in [-0.25, -0.2) is 0 Å². The summed E-state index contributed by atoms with van der Waals surface area (Å²) in [7, 11) is 0. The molecule has 1 aliphatic rings. The summed E-state index contributed by atoms with van der Waals surface area (Å²) in [5.41, 5.74) is 0. The van der Waals surface area contributed by atoms with Crippen LogP contribution in [0.1, 0.15) is 53.9 Å². The molecule has 5 atom stereocenters. The summed E-state index contributed by atoms with van der Waals surface area (Å²) in [5.74, 6) is 7.43. The SMILES string of the molecule is CC#CCCC(NCCC)C1C(C)OC(C)C1C. The number of ether oxygens (including phenoxy) is 1. The van der Waals surface area contributed by atoms with Crippen molar-refractivity contribution in [1.29, 1.82) is 0 Å². The van der Waals surface area contributed by atoms with E-state index >= 15 is 0 Å². The van der Waals surface area contributed by atoms with Crippen molar-refractivity contribution in [2.75, 3.05) is 6.54 Å². The van der Waals surface area contributed by atoms with Crippen LogP contribution in [0.4, 0.5) is 0 Å². The summed E-state index contributed by atoms with van der Waals surface area (Å²) in [5, 5.41) is 3.70. The molecule has 1 heterocycles. The van der Waals surface area contributed by atoms with Crippen molar-refractivity contribution in [3.8, 4) is 11.8 Å². The van der Waals surface area contributed by atoms with Gasteiger partial charge in [0.15, 0.2) is 0 Å². The molecule has 1 fully saturated rings. The molecule has 0 amide bonds. The van der Waals surface area contributed by atoms with Crippen molar-refractivity contribution in [1.82, 2.24) is 5.32 Å². The zero-order chi connectivity index (χ0) is 13.5. The van der Waals surface area contributed by atoms with Crippen LogP contribution in [-0.2, 0) is 4.74 Å². The lowest BCUT2D eigenvalue weighted by Crippen LogP contribution is -2.42. The third-order valence-electron chi connectivity index (χ3n) is 4.20. The maximum atomic E-state index is 5.98. The van der Waals surface area contributed by atoms with E-state index in [1.807, 2.05) is 6.92 Å². The van der Waals surface area contributed by atoms with Gasteiger partial charge in [-0.3, -0.25) is 0 Å². The zero-order valence-corrected chi connectivity index (χ0v) is 12.6. The molecule has 2 nitrogen and oxygen atoms in total. The second-order valence-electron chi connectivity index (χ2n) is 5.51. The van der Waals surface area contributed by atoms with Crippen LogP contribution in [0.15, 0.2) is 0 Å². The molecule has 0 aromatic heterocycles. The molecule has 2 heteroatoms. The predicted molar refractivity (Wildman–Crippen MR) is 77.4 cm³/mol. The van der Waals surface area contributed by atoms with Gasteiger partial charge in [0.2, 0.25) is 0 Å². The fourth-order valence-electron chi connectivity index (χ4n) is 3.10. The van der Waals surface area contributed by atoms with Crippen LogP contribution >= 0.6 is 0 Å². The van der Waals surface area contributed by atoms with Crippen LogP contribution in [0.5, 0.6) is 0 Å². The van der Waals surface area contributed by atoms with E-state index in [1.165, 1.54) is 6.42 Å². The second kappa shape index (κ2) is 7.81. The minimum Gasteiger partial charge on any atom is -0.375 e. The largest absolute Gasteiger partial charge is 0.375 e. The quantitative estimate of drug-likeness (QED) is 0.732. The highest BCUT2D eigenvalue weighted by Gasteiger charge is 2.40. The summed E-state index contributed by atoms with van der Waals surface area (Å²) in [6.07, 6.45) is 4.05. The topological polar surface area (TPSA) is 21.3 Å². The van der Waals surface area contributed by atoms with Crippen LogP contribution in [0.25, 0.3) is 0 Å². The van der Waals surface area contributed by atoms with Gasteiger partial charge in [0.25, 0.3) is 0 Å². The van der Waals surface area contributed by atoms with Crippen molar-refractivity contribution >= 4 is 0 Å². The maximum Gasteiger partial charge on any atom is 0.0597 e. The van der Waals surface area contributed by atoms with Gasteiger partial charge in [0, 0.05) is 18.4 Å². The molecule has 18 heavy (non-hydrogen) atoms. The first kappa shape index (κ1) is 15.5. The molecule has 104 valence electrons. The maximum absolute atomic E-state index is 5.98. The van der Waals surface area contributed by atoms with Gasteiger partial charge in [-0.1, -0.05) is 13.8 Å². The lowest BCUT2D eigenvalue weighted by molar-refractivity contribution is 0.0473. The highest BCUT2D eigenvalue weighted by atomic mass is 16.5. The molecule has 0 aromatic carbocycles. The molecule has 1 aliphatic heterocycles. The van der Waals surface area contributed by atoms with Gasteiger partial charge in [0.1, 0.15) is 0 Å². The first-order chi connectivity index (χ1) is 8.61. The first-order valence-electron chi connectivity index (χ1n) is 7.40. The molecule has 0 spiro atoms. The summed E-state index contributed by atoms with van der Waals surface area (Å²) in [6.45, 7) is 12.0. The Bertz CT molecular complexity index is 291. The highest BCUT2D eigenvalue weighted by molar-refractivity contribution is 4.98. The van der Waals surface area contributed by atoms with E-state index in [9.17, 15) is 0 Å². The Hall–Kier alpha value is -0.520.